The van der Waals surface area contributed by atoms with E-state index in [1.54, 1.807) is 0 Å². The molecule has 0 aliphatic carbocycles. The highest BCUT2D eigenvalue weighted by Gasteiger charge is 2.45. The molecule has 0 amide bonds. The predicted molar refractivity (Wildman–Crippen MR) is 73.7 cm³/mol. The van der Waals surface area contributed by atoms with Crippen molar-refractivity contribution in [3.05, 3.63) is 35.1 Å². The average molecular weight is 317 g/mol. The summed E-state index contributed by atoms with van der Waals surface area (Å²) in [6.07, 6.45) is -0.835. The van der Waals surface area contributed by atoms with Gasteiger partial charge in [0, 0.05) is 12.1 Å². The first-order valence-corrected chi connectivity index (χ1v) is 7.52. The molecule has 2 bridgehead atoms. The molecule has 2 saturated heterocycles. The molecule has 1 aromatic rings. The van der Waals surface area contributed by atoms with Gasteiger partial charge < -0.3 is 10.0 Å². The van der Waals surface area contributed by atoms with Crippen molar-refractivity contribution in [1.82, 2.24) is 4.90 Å². The summed E-state index contributed by atoms with van der Waals surface area (Å²) < 4.78 is 51.7. The molecular formula is C16H19F4NO. The molecule has 2 aliphatic rings. The van der Waals surface area contributed by atoms with Crippen molar-refractivity contribution in [2.45, 2.75) is 56.0 Å². The Labute approximate surface area is 126 Å². The Morgan fingerprint density at radius 1 is 1.18 bits per heavy atom. The van der Waals surface area contributed by atoms with Crippen LogP contribution >= 0.6 is 0 Å². The number of alkyl halides is 3. The lowest BCUT2D eigenvalue weighted by Gasteiger charge is -2.50. The number of hydrogen-bond acceptors (Lipinski definition) is 2. The van der Waals surface area contributed by atoms with E-state index in [1.807, 2.05) is 7.05 Å². The van der Waals surface area contributed by atoms with E-state index in [0.29, 0.717) is 12.8 Å². The Bertz CT molecular complexity index is 558. The van der Waals surface area contributed by atoms with Gasteiger partial charge in [0.15, 0.2) is 0 Å². The zero-order valence-electron chi connectivity index (χ0n) is 12.3. The molecule has 0 saturated carbocycles. The van der Waals surface area contributed by atoms with Crippen molar-refractivity contribution in [3.8, 4) is 0 Å². The number of hydrogen-bond donors (Lipinski definition) is 1. The Kier molecular flexibility index (Phi) is 3.72. The van der Waals surface area contributed by atoms with Crippen LogP contribution in [-0.4, -0.2) is 29.1 Å². The number of nitrogens with zero attached hydrogens (tertiary/aromatic N) is 1. The van der Waals surface area contributed by atoms with Crippen LogP contribution < -0.4 is 0 Å². The second-order valence-electron chi connectivity index (χ2n) is 6.54. The molecule has 0 radical (unpaired) electrons. The fourth-order valence-electron chi connectivity index (χ4n) is 3.92. The lowest BCUT2D eigenvalue weighted by atomic mass is 9.72. The van der Waals surface area contributed by atoms with Crippen LogP contribution in [0.2, 0.25) is 0 Å². The van der Waals surface area contributed by atoms with E-state index in [2.05, 4.69) is 4.90 Å². The maximum absolute atomic E-state index is 13.8. The maximum Gasteiger partial charge on any atom is 0.419 e. The van der Waals surface area contributed by atoms with E-state index in [0.717, 1.165) is 31.4 Å². The largest absolute Gasteiger partial charge is 0.419 e. The van der Waals surface area contributed by atoms with Gasteiger partial charge in [-0.15, -0.1) is 0 Å². The molecule has 1 N–H and O–H groups in total. The van der Waals surface area contributed by atoms with Gasteiger partial charge >= 0.3 is 6.18 Å². The van der Waals surface area contributed by atoms with Crippen molar-refractivity contribution in [2.24, 2.45) is 0 Å². The maximum atomic E-state index is 13.8. The quantitative estimate of drug-likeness (QED) is 0.799. The van der Waals surface area contributed by atoms with Gasteiger partial charge in [-0.3, -0.25) is 0 Å². The van der Waals surface area contributed by atoms with Crippen molar-refractivity contribution >= 4 is 0 Å². The third-order valence-electron chi connectivity index (χ3n) is 5.19. The molecule has 3 rings (SSSR count). The number of aliphatic hydroxyl groups is 1. The molecule has 0 spiro atoms. The van der Waals surface area contributed by atoms with Crippen LogP contribution in [0, 0.1) is 5.82 Å². The van der Waals surface area contributed by atoms with E-state index >= 15 is 0 Å². The lowest BCUT2D eigenvalue weighted by molar-refractivity contribution is -0.140. The summed E-state index contributed by atoms with van der Waals surface area (Å²) in [5, 5.41) is 10.9. The monoisotopic (exact) mass is 317 g/mol. The number of halogens is 4. The molecule has 2 heterocycles. The zero-order chi connectivity index (χ0) is 16.1. The molecule has 22 heavy (non-hydrogen) atoms. The van der Waals surface area contributed by atoms with Crippen LogP contribution in [-0.2, 0) is 11.8 Å². The predicted octanol–water partition coefficient (Wildman–Crippen LogP) is 3.68. The first kappa shape index (κ1) is 15.7. The molecule has 2 fully saturated rings. The van der Waals surface area contributed by atoms with Crippen LogP contribution in [0.3, 0.4) is 0 Å². The normalized spacial score (nSPS) is 33.0. The Morgan fingerprint density at radius 3 is 2.27 bits per heavy atom. The molecular weight excluding hydrogens is 298 g/mol. The third-order valence-corrected chi connectivity index (χ3v) is 5.19. The Hall–Kier alpha value is -1.14. The first-order valence-electron chi connectivity index (χ1n) is 7.52. The van der Waals surface area contributed by atoms with Crippen molar-refractivity contribution in [3.63, 3.8) is 0 Å². The van der Waals surface area contributed by atoms with Gasteiger partial charge in [-0.1, -0.05) is 12.5 Å². The topological polar surface area (TPSA) is 23.5 Å². The van der Waals surface area contributed by atoms with Gasteiger partial charge in [0.2, 0.25) is 0 Å². The molecule has 6 heteroatoms. The minimum atomic E-state index is -4.71. The van der Waals surface area contributed by atoms with Crippen LogP contribution in [0.5, 0.6) is 0 Å². The van der Waals surface area contributed by atoms with E-state index < -0.39 is 23.2 Å². The first-order chi connectivity index (χ1) is 10.2. The van der Waals surface area contributed by atoms with Gasteiger partial charge in [-0.05, 0) is 50.4 Å². The average Bonchev–Trinajstić information content (AvgIpc) is 2.39. The summed E-state index contributed by atoms with van der Waals surface area (Å²) in [4.78, 5) is 2.23. The van der Waals surface area contributed by atoms with Gasteiger partial charge in [-0.2, -0.15) is 13.2 Å². The molecule has 0 aromatic heterocycles. The molecule has 2 unspecified atom stereocenters. The van der Waals surface area contributed by atoms with Crippen LogP contribution in [0.4, 0.5) is 17.6 Å². The second kappa shape index (κ2) is 5.20. The SMILES string of the molecule is CN1C2CCCC1CC(O)(c1ccc(C(F)(F)F)c(F)c1)C2. The highest BCUT2D eigenvalue weighted by atomic mass is 19.4. The van der Waals surface area contributed by atoms with E-state index in [-0.39, 0.29) is 17.6 Å². The summed E-state index contributed by atoms with van der Waals surface area (Å²) in [5.41, 5.74) is -2.27. The summed E-state index contributed by atoms with van der Waals surface area (Å²) >= 11 is 0. The van der Waals surface area contributed by atoms with Crippen molar-refractivity contribution in [2.75, 3.05) is 7.05 Å². The standard InChI is InChI=1S/C16H19F4NO/c1-21-11-3-2-4-12(21)9-15(22,8-11)10-5-6-13(14(17)7-10)16(18,19)20/h5-7,11-12,22H,2-4,8-9H2,1H3. The van der Waals surface area contributed by atoms with Gasteiger partial charge in [0.1, 0.15) is 5.82 Å². The number of rotatable bonds is 1. The van der Waals surface area contributed by atoms with Crippen molar-refractivity contribution < 1.29 is 22.7 Å². The zero-order valence-corrected chi connectivity index (χ0v) is 12.3. The fourth-order valence-corrected chi connectivity index (χ4v) is 3.92. The number of fused-ring (bicyclic) bond motifs is 2. The Balaban J connectivity index is 1.92. The highest BCUT2D eigenvalue weighted by Crippen LogP contribution is 2.44. The van der Waals surface area contributed by atoms with Gasteiger partial charge in [0.25, 0.3) is 0 Å². The fraction of sp³-hybridized carbons (Fsp3) is 0.625. The molecule has 2 atom stereocenters. The summed E-state index contributed by atoms with van der Waals surface area (Å²) in [5.74, 6) is -1.32. The smallest absolute Gasteiger partial charge is 0.385 e. The van der Waals surface area contributed by atoms with E-state index in [9.17, 15) is 22.7 Å². The van der Waals surface area contributed by atoms with E-state index in [1.165, 1.54) is 6.07 Å². The van der Waals surface area contributed by atoms with E-state index in [4.69, 9.17) is 0 Å². The number of piperidine rings is 2. The van der Waals surface area contributed by atoms with Crippen LogP contribution in [0.25, 0.3) is 0 Å². The minimum Gasteiger partial charge on any atom is -0.385 e. The molecule has 2 aliphatic heterocycles. The summed E-state index contributed by atoms with van der Waals surface area (Å²) in [6.45, 7) is 0. The Morgan fingerprint density at radius 2 is 1.77 bits per heavy atom. The molecule has 1 aromatic carbocycles. The third kappa shape index (κ3) is 2.63. The summed E-state index contributed by atoms with van der Waals surface area (Å²) in [6, 6.07) is 3.19. The van der Waals surface area contributed by atoms with Crippen LogP contribution in [0.1, 0.15) is 43.2 Å². The van der Waals surface area contributed by atoms with Gasteiger partial charge in [-0.25, -0.2) is 4.39 Å². The van der Waals surface area contributed by atoms with Gasteiger partial charge in [0.05, 0.1) is 11.2 Å². The summed E-state index contributed by atoms with van der Waals surface area (Å²) in [7, 11) is 2.02. The molecule has 2 nitrogen and oxygen atoms in total. The van der Waals surface area contributed by atoms with Crippen LogP contribution in [0.15, 0.2) is 18.2 Å². The number of benzene rings is 1. The highest BCUT2D eigenvalue weighted by molar-refractivity contribution is 5.31. The lowest BCUT2D eigenvalue weighted by Crippen LogP contribution is -2.55. The second-order valence-corrected chi connectivity index (χ2v) is 6.54. The molecule has 122 valence electrons. The minimum absolute atomic E-state index is 0.197. The van der Waals surface area contributed by atoms with Crippen molar-refractivity contribution in [1.29, 1.82) is 0 Å².